The molecule has 8 heteroatoms. The second kappa shape index (κ2) is 8.14. The Balaban J connectivity index is 1.69. The molecule has 0 amide bonds. The molecule has 1 heterocycles. The van der Waals surface area contributed by atoms with Crippen molar-refractivity contribution in [3.63, 3.8) is 0 Å². The van der Waals surface area contributed by atoms with Gasteiger partial charge in [-0.15, -0.1) is 0 Å². The number of aromatic hydroxyl groups is 1. The van der Waals surface area contributed by atoms with Crippen LogP contribution in [-0.4, -0.2) is 10.3 Å². The van der Waals surface area contributed by atoms with E-state index in [4.69, 9.17) is 9.26 Å². The molecule has 31 heavy (non-hydrogen) atoms. The van der Waals surface area contributed by atoms with Crippen molar-refractivity contribution in [1.82, 2.24) is 5.16 Å². The summed E-state index contributed by atoms with van der Waals surface area (Å²) in [5.41, 5.74) is -0.885. The highest BCUT2D eigenvalue weighted by atomic mass is 19.4. The van der Waals surface area contributed by atoms with Gasteiger partial charge in [-0.05, 0) is 23.8 Å². The molecule has 0 saturated carbocycles. The van der Waals surface area contributed by atoms with Crippen LogP contribution in [0.5, 0.6) is 11.5 Å². The van der Waals surface area contributed by atoms with Crippen LogP contribution in [0.1, 0.15) is 11.3 Å². The summed E-state index contributed by atoms with van der Waals surface area (Å²) in [6, 6.07) is 17.9. The van der Waals surface area contributed by atoms with Gasteiger partial charge in [-0.3, -0.25) is 0 Å². The van der Waals surface area contributed by atoms with Gasteiger partial charge in [0.05, 0.1) is 11.1 Å². The summed E-state index contributed by atoms with van der Waals surface area (Å²) in [6.45, 7) is -0.0821. The maximum absolute atomic E-state index is 13.7. The molecule has 158 valence electrons. The molecule has 1 N–H and O–H groups in total. The van der Waals surface area contributed by atoms with E-state index in [1.54, 1.807) is 36.4 Å². The second-order valence-electron chi connectivity index (χ2n) is 6.66. The number of halogens is 4. The minimum absolute atomic E-state index is 0.0140. The Bertz CT molecular complexity index is 1200. The first-order valence-corrected chi connectivity index (χ1v) is 9.16. The van der Waals surface area contributed by atoms with Gasteiger partial charge in [-0.2, -0.15) is 13.2 Å². The van der Waals surface area contributed by atoms with Crippen molar-refractivity contribution in [3.05, 3.63) is 89.9 Å². The summed E-state index contributed by atoms with van der Waals surface area (Å²) in [4.78, 5) is 0. The van der Waals surface area contributed by atoms with Crippen LogP contribution in [0.3, 0.4) is 0 Å². The lowest BCUT2D eigenvalue weighted by atomic mass is 9.98. The highest BCUT2D eigenvalue weighted by molar-refractivity contribution is 5.84. The van der Waals surface area contributed by atoms with E-state index >= 15 is 0 Å². The summed E-state index contributed by atoms with van der Waals surface area (Å²) < 4.78 is 64.7. The van der Waals surface area contributed by atoms with E-state index in [0.29, 0.717) is 5.56 Å². The van der Waals surface area contributed by atoms with Crippen molar-refractivity contribution in [2.24, 2.45) is 0 Å². The number of alkyl halides is 3. The van der Waals surface area contributed by atoms with Crippen LogP contribution in [0.25, 0.3) is 22.5 Å². The number of hydrogen-bond donors (Lipinski definition) is 1. The third-order valence-corrected chi connectivity index (χ3v) is 4.59. The molecule has 1 aromatic heterocycles. The largest absolute Gasteiger partial charge is 0.507 e. The molecule has 0 unspecified atom stereocenters. The van der Waals surface area contributed by atoms with Gasteiger partial charge in [0.15, 0.2) is 11.5 Å². The Hall–Kier alpha value is -3.81. The second-order valence-corrected chi connectivity index (χ2v) is 6.66. The van der Waals surface area contributed by atoms with E-state index in [0.717, 1.165) is 0 Å². The molecule has 0 atom stereocenters. The number of aromatic nitrogens is 1. The van der Waals surface area contributed by atoms with Gasteiger partial charge in [0.25, 0.3) is 0 Å². The number of rotatable bonds is 5. The fourth-order valence-corrected chi connectivity index (χ4v) is 3.11. The van der Waals surface area contributed by atoms with E-state index in [-0.39, 0.29) is 40.6 Å². The highest BCUT2D eigenvalue weighted by Gasteiger charge is 2.40. The Kier molecular flexibility index (Phi) is 5.37. The zero-order chi connectivity index (χ0) is 22.0. The van der Waals surface area contributed by atoms with Crippen molar-refractivity contribution >= 4 is 0 Å². The smallest absolute Gasteiger partial charge is 0.437 e. The van der Waals surface area contributed by atoms with E-state index in [9.17, 15) is 22.7 Å². The summed E-state index contributed by atoms with van der Waals surface area (Å²) in [5, 5.41) is 13.7. The molecule has 0 saturated heterocycles. The molecule has 4 rings (SSSR count). The van der Waals surface area contributed by atoms with Crippen LogP contribution in [0, 0.1) is 5.82 Å². The van der Waals surface area contributed by atoms with Crippen LogP contribution < -0.4 is 4.74 Å². The first kappa shape index (κ1) is 20.5. The Morgan fingerprint density at radius 2 is 1.65 bits per heavy atom. The van der Waals surface area contributed by atoms with Crippen LogP contribution in [-0.2, 0) is 12.8 Å². The van der Waals surface area contributed by atoms with Crippen molar-refractivity contribution in [2.75, 3.05) is 0 Å². The number of phenolic OH excluding ortho intramolecular Hbond substituents is 1. The van der Waals surface area contributed by atoms with Gasteiger partial charge in [0, 0.05) is 11.6 Å². The Morgan fingerprint density at radius 3 is 2.32 bits per heavy atom. The fraction of sp³-hybridized carbons (Fsp3) is 0.0870. The molecular formula is C23H15F4NO3. The van der Waals surface area contributed by atoms with Crippen LogP contribution in [0.4, 0.5) is 17.6 Å². The van der Waals surface area contributed by atoms with Gasteiger partial charge >= 0.3 is 6.18 Å². The lowest BCUT2D eigenvalue weighted by molar-refractivity contribution is -0.142. The van der Waals surface area contributed by atoms with Gasteiger partial charge in [-0.1, -0.05) is 53.7 Å². The summed E-state index contributed by atoms with van der Waals surface area (Å²) in [6.07, 6.45) is -4.74. The maximum atomic E-state index is 13.7. The highest BCUT2D eigenvalue weighted by Crippen LogP contribution is 2.45. The molecule has 3 aromatic carbocycles. The predicted octanol–water partition coefficient (Wildman–Crippen LogP) is 6.45. The molecule has 0 radical (unpaired) electrons. The number of ether oxygens (including phenoxy) is 1. The van der Waals surface area contributed by atoms with E-state index in [2.05, 4.69) is 5.16 Å². The van der Waals surface area contributed by atoms with Crippen molar-refractivity contribution < 1.29 is 31.9 Å². The molecule has 4 nitrogen and oxygen atoms in total. The quantitative estimate of drug-likeness (QED) is 0.371. The fourth-order valence-electron chi connectivity index (χ4n) is 3.11. The zero-order valence-electron chi connectivity index (χ0n) is 15.9. The SMILES string of the molecule is Oc1cc(OCc2ccccc2F)ccc1-c1onc(C(F)(F)F)c1-c1ccccc1. The minimum atomic E-state index is -4.74. The van der Waals surface area contributed by atoms with Crippen molar-refractivity contribution in [2.45, 2.75) is 12.8 Å². The lowest BCUT2D eigenvalue weighted by Crippen LogP contribution is -2.07. The standard InChI is InChI=1S/C23H15F4NO3/c24-18-9-5-4-8-15(18)13-30-16-10-11-17(19(29)12-16)21-20(14-6-2-1-3-7-14)22(28-31-21)23(25,26)27/h1-12,29H,13H2. The molecule has 0 fully saturated rings. The van der Waals surface area contributed by atoms with Gasteiger partial charge in [0.1, 0.15) is 23.9 Å². The summed E-state index contributed by atoms with van der Waals surface area (Å²) >= 11 is 0. The van der Waals surface area contributed by atoms with Crippen LogP contribution in [0.2, 0.25) is 0 Å². The Labute approximate surface area is 174 Å². The van der Waals surface area contributed by atoms with E-state index in [1.807, 2.05) is 0 Å². The maximum Gasteiger partial charge on any atom is 0.437 e. The van der Waals surface area contributed by atoms with Gasteiger partial charge in [0.2, 0.25) is 0 Å². The van der Waals surface area contributed by atoms with Gasteiger partial charge in [-0.25, -0.2) is 4.39 Å². The van der Waals surface area contributed by atoms with Crippen molar-refractivity contribution in [3.8, 4) is 33.9 Å². The third-order valence-electron chi connectivity index (χ3n) is 4.59. The van der Waals surface area contributed by atoms with Crippen LogP contribution in [0.15, 0.2) is 77.3 Å². The van der Waals surface area contributed by atoms with Crippen molar-refractivity contribution in [1.29, 1.82) is 0 Å². The molecule has 0 bridgehead atoms. The number of nitrogens with zero attached hydrogens (tertiary/aromatic N) is 1. The molecular weight excluding hydrogens is 414 g/mol. The monoisotopic (exact) mass is 429 g/mol. The lowest BCUT2D eigenvalue weighted by Gasteiger charge is -2.10. The third kappa shape index (κ3) is 4.23. The van der Waals surface area contributed by atoms with E-state index < -0.39 is 17.7 Å². The predicted molar refractivity (Wildman–Crippen MR) is 105 cm³/mol. The normalized spacial score (nSPS) is 11.5. The number of hydrogen-bond acceptors (Lipinski definition) is 4. The molecule has 0 spiro atoms. The first-order chi connectivity index (χ1) is 14.8. The summed E-state index contributed by atoms with van der Waals surface area (Å²) in [5.74, 6) is -0.816. The average Bonchev–Trinajstić information content (AvgIpc) is 3.19. The molecule has 4 aromatic rings. The van der Waals surface area contributed by atoms with Gasteiger partial charge < -0.3 is 14.4 Å². The number of benzene rings is 3. The minimum Gasteiger partial charge on any atom is -0.507 e. The molecule has 0 aliphatic heterocycles. The van der Waals surface area contributed by atoms with Crippen LogP contribution >= 0.6 is 0 Å². The van der Waals surface area contributed by atoms with E-state index in [1.165, 1.54) is 36.4 Å². The first-order valence-electron chi connectivity index (χ1n) is 9.16. The molecule has 0 aliphatic rings. The summed E-state index contributed by atoms with van der Waals surface area (Å²) in [7, 11) is 0. The zero-order valence-corrected chi connectivity index (χ0v) is 15.9. The average molecular weight is 429 g/mol. The molecule has 0 aliphatic carbocycles. The Morgan fingerprint density at radius 1 is 0.935 bits per heavy atom. The topological polar surface area (TPSA) is 55.5 Å². The number of phenols is 1.